The molecular weight excluding hydrogens is 368 g/mol. The minimum atomic E-state index is -3.69. The number of benzene rings is 1. The molecule has 0 bridgehead atoms. The van der Waals surface area contributed by atoms with Crippen LogP contribution in [0.4, 0.5) is 0 Å². The van der Waals surface area contributed by atoms with Gasteiger partial charge < -0.3 is 14.0 Å². The van der Waals surface area contributed by atoms with Gasteiger partial charge in [0.2, 0.25) is 10.0 Å². The normalized spacial score (nSPS) is 17.9. The highest BCUT2D eigenvalue weighted by Crippen LogP contribution is 2.30. The van der Waals surface area contributed by atoms with Gasteiger partial charge >= 0.3 is 0 Å². The zero-order valence-electron chi connectivity index (χ0n) is 15.9. The average molecular weight is 392 g/mol. The van der Waals surface area contributed by atoms with Crippen LogP contribution in [0.3, 0.4) is 0 Å². The van der Waals surface area contributed by atoms with Crippen molar-refractivity contribution in [3.8, 4) is 11.5 Å². The van der Waals surface area contributed by atoms with Crippen LogP contribution in [0.5, 0.6) is 11.5 Å². The fraction of sp³-hybridized carbons (Fsp3) is 0.421. The maximum Gasteiger partial charge on any atom is 0.254 e. The van der Waals surface area contributed by atoms with Crippen molar-refractivity contribution in [3.63, 3.8) is 0 Å². The van der Waals surface area contributed by atoms with Gasteiger partial charge in [0.15, 0.2) is 0 Å². The first kappa shape index (κ1) is 19.4. The fourth-order valence-corrected chi connectivity index (χ4v) is 4.86. The van der Waals surface area contributed by atoms with Crippen LogP contribution in [-0.2, 0) is 17.1 Å². The monoisotopic (exact) mass is 392 g/mol. The molecule has 0 radical (unpaired) electrons. The summed E-state index contributed by atoms with van der Waals surface area (Å²) in [5.74, 6) is 0.792. The van der Waals surface area contributed by atoms with Crippen LogP contribution in [0.15, 0.2) is 40.0 Å². The molecule has 1 aromatic carbocycles. The molecule has 3 rings (SSSR count). The van der Waals surface area contributed by atoms with E-state index >= 15 is 0 Å². The Bertz CT molecular complexity index is 1010. The van der Waals surface area contributed by atoms with E-state index in [1.807, 2.05) is 19.9 Å². The molecule has 1 fully saturated rings. The molecule has 27 heavy (non-hydrogen) atoms. The van der Waals surface area contributed by atoms with E-state index in [1.54, 1.807) is 25.2 Å². The Morgan fingerprint density at radius 2 is 1.89 bits per heavy atom. The molecule has 8 heteroatoms. The van der Waals surface area contributed by atoms with E-state index in [9.17, 15) is 13.2 Å². The maximum atomic E-state index is 13.1. The lowest BCUT2D eigenvalue weighted by Crippen LogP contribution is -2.31. The van der Waals surface area contributed by atoms with Crippen molar-refractivity contribution in [1.29, 1.82) is 0 Å². The molecule has 1 aliphatic heterocycles. The van der Waals surface area contributed by atoms with Crippen LogP contribution in [0, 0.1) is 13.8 Å². The van der Waals surface area contributed by atoms with E-state index in [2.05, 4.69) is 0 Å². The molecule has 0 saturated carbocycles. The van der Waals surface area contributed by atoms with Gasteiger partial charge in [0.25, 0.3) is 5.56 Å². The first-order valence-electron chi connectivity index (χ1n) is 8.71. The summed E-state index contributed by atoms with van der Waals surface area (Å²) in [5.41, 5.74) is 1.47. The number of hydrogen-bond donors (Lipinski definition) is 0. The summed E-state index contributed by atoms with van der Waals surface area (Å²) in [4.78, 5) is 12.1. The highest BCUT2D eigenvalue weighted by atomic mass is 32.2. The van der Waals surface area contributed by atoms with Crippen molar-refractivity contribution < 1.29 is 17.9 Å². The number of sulfonamides is 1. The number of rotatable bonds is 5. The topological polar surface area (TPSA) is 77.8 Å². The largest absolute Gasteiger partial charge is 0.495 e. The molecule has 0 N–H and O–H groups in total. The summed E-state index contributed by atoms with van der Waals surface area (Å²) < 4.78 is 40.2. The zero-order valence-corrected chi connectivity index (χ0v) is 16.7. The van der Waals surface area contributed by atoms with E-state index in [0.29, 0.717) is 24.5 Å². The smallest absolute Gasteiger partial charge is 0.254 e. The first-order chi connectivity index (χ1) is 12.7. The minimum absolute atomic E-state index is 0.156. The Balaban J connectivity index is 1.79. The molecule has 2 aromatic rings. The SMILES string of the molecule is COc1ccc(C)cc1S(=O)(=O)N1CCC(Oc2cc(C)n(C)c(=O)c2)C1. The number of aryl methyl sites for hydroxylation is 2. The van der Waals surface area contributed by atoms with Gasteiger partial charge in [-0.2, -0.15) is 4.31 Å². The second kappa shape index (κ2) is 7.36. The van der Waals surface area contributed by atoms with E-state index < -0.39 is 10.0 Å². The van der Waals surface area contributed by atoms with Crippen molar-refractivity contribution in [2.45, 2.75) is 31.3 Å². The second-order valence-corrected chi connectivity index (χ2v) is 8.68. The summed E-state index contributed by atoms with van der Waals surface area (Å²) >= 11 is 0. The van der Waals surface area contributed by atoms with Gasteiger partial charge in [-0.3, -0.25) is 4.79 Å². The van der Waals surface area contributed by atoms with Crippen LogP contribution in [0.2, 0.25) is 0 Å². The average Bonchev–Trinajstić information content (AvgIpc) is 3.09. The van der Waals surface area contributed by atoms with Crippen LogP contribution in [0.1, 0.15) is 17.7 Å². The number of ether oxygens (including phenoxy) is 2. The summed E-state index contributed by atoms with van der Waals surface area (Å²) in [5, 5.41) is 0. The lowest BCUT2D eigenvalue weighted by molar-refractivity contribution is 0.214. The van der Waals surface area contributed by atoms with E-state index in [-0.39, 0.29) is 23.1 Å². The summed E-state index contributed by atoms with van der Waals surface area (Å²) in [6, 6.07) is 8.29. The van der Waals surface area contributed by atoms with Crippen LogP contribution >= 0.6 is 0 Å². The van der Waals surface area contributed by atoms with Gasteiger partial charge in [-0.05, 0) is 44.0 Å². The second-order valence-electron chi connectivity index (χ2n) is 6.78. The van der Waals surface area contributed by atoms with Crippen molar-refractivity contribution in [1.82, 2.24) is 8.87 Å². The van der Waals surface area contributed by atoms with Gasteiger partial charge in [-0.1, -0.05) is 6.07 Å². The van der Waals surface area contributed by atoms with Gasteiger partial charge in [0, 0.05) is 25.4 Å². The van der Waals surface area contributed by atoms with E-state index in [0.717, 1.165) is 11.3 Å². The lowest BCUT2D eigenvalue weighted by atomic mass is 10.2. The van der Waals surface area contributed by atoms with E-state index in [1.165, 1.54) is 22.0 Å². The highest BCUT2D eigenvalue weighted by Gasteiger charge is 2.35. The van der Waals surface area contributed by atoms with Crippen molar-refractivity contribution in [2.75, 3.05) is 20.2 Å². The standard InChI is InChI=1S/C19H24N2O5S/c1-13-5-6-17(25-4)18(9-13)27(23,24)21-8-7-15(12-21)26-16-10-14(2)20(3)19(22)11-16/h5-6,9-11,15H,7-8,12H2,1-4H3. The Morgan fingerprint density at radius 3 is 2.56 bits per heavy atom. The van der Waals surface area contributed by atoms with Crippen molar-refractivity contribution in [3.05, 3.63) is 51.9 Å². The molecule has 1 aliphatic rings. The number of nitrogens with zero attached hydrogens (tertiary/aromatic N) is 2. The van der Waals surface area contributed by atoms with Gasteiger partial charge in [-0.15, -0.1) is 0 Å². The Labute approximate surface area is 159 Å². The zero-order chi connectivity index (χ0) is 19.8. The van der Waals surface area contributed by atoms with Crippen molar-refractivity contribution in [2.24, 2.45) is 7.05 Å². The summed E-state index contributed by atoms with van der Waals surface area (Å²) in [6.07, 6.45) is 0.254. The fourth-order valence-electron chi connectivity index (χ4n) is 3.13. The molecule has 146 valence electrons. The predicted octanol–water partition coefficient (Wildman–Crippen LogP) is 1.85. The van der Waals surface area contributed by atoms with E-state index in [4.69, 9.17) is 9.47 Å². The van der Waals surface area contributed by atoms with Gasteiger partial charge in [-0.25, -0.2) is 8.42 Å². The number of pyridine rings is 1. The molecule has 1 unspecified atom stereocenters. The number of aromatic nitrogens is 1. The lowest BCUT2D eigenvalue weighted by Gasteiger charge is -2.19. The Morgan fingerprint density at radius 1 is 1.15 bits per heavy atom. The number of methoxy groups -OCH3 is 1. The third-order valence-corrected chi connectivity index (χ3v) is 6.71. The quantitative estimate of drug-likeness (QED) is 0.776. The molecule has 0 amide bonds. The summed E-state index contributed by atoms with van der Waals surface area (Å²) in [7, 11) is -0.539. The Kier molecular flexibility index (Phi) is 5.30. The number of hydrogen-bond acceptors (Lipinski definition) is 5. The van der Waals surface area contributed by atoms with Crippen molar-refractivity contribution >= 4 is 10.0 Å². The molecule has 1 saturated heterocycles. The molecule has 0 aliphatic carbocycles. The molecule has 1 atom stereocenters. The molecular formula is C19H24N2O5S. The van der Waals surface area contributed by atoms with Gasteiger partial charge in [0.05, 0.1) is 13.7 Å². The molecule has 7 nitrogen and oxygen atoms in total. The Hall–Kier alpha value is -2.32. The highest BCUT2D eigenvalue weighted by molar-refractivity contribution is 7.89. The van der Waals surface area contributed by atoms with Gasteiger partial charge in [0.1, 0.15) is 22.5 Å². The predicted molar refractivity (Wildman–Crippen MR) is 102 cm³/mol. The maximum absolute atomic E-state index is 13.1. The third-order valence-electron chi connectivity index (χ3n) is 4.82. The molecule has 0 spiro atoms. The third kappa shape index (κ3) is 3.86. The van der Waals surface area contributed by atoms with Crippen LogP contribution in [0.25, 0.3) is 0 Å². The molecule has 2 heterocycles. The molecule has 1 aromatic heterocycles. The van der Waals surface area contributed by atoms with Crippen LogP contribution in [-0.4, -0.2) is 43.6 Å². The first-order valence-corrected chi connectivity index (χ1v) is 10.2. The summed E-state index contributed by atoms with van der Waals surface area (Å²) in [6.45, 7) is 4.25. The minimum Gasteiger partial charge on any atom is -0.495 e. The van der Waals surface area contributed by atoms with Crippen LogP contribution < -0.4 is 15.0 Å².